The van der Waals surface area contributed by atoms with Gasteiger partial charge in [-0.05, 0) is 36.5 Å². The van der Waals surface area contributed by atoms with Gasteiger partial charge in [-0.15, -0.1) is 0 Å². The van der Waals surface area contributed by atoms with Gasteiger partial charge in [-0.2, -0.15) is 0 Å². The molecular formula is C13H8F3N3O2S. The summed E-state index contributed by atoms with van der Waals surface area (Å²) in [6.07, 6.45) is 0. The first kappa shape index (κ1) is 15.7. The van der Waals surface area contributed by atoms with Crippen LogP contribution in [0.15, 0.2) is 36.4 Å². The van der Waals surface area contributed by atoms with Crippen LogP contribution in [0.3, 0.4) is 0 Å². The number of hydrogen-bond acceptors (Lipinski definition) is 3. The Morgan fingerprint density at radius 3 is 2.23 bits per heavy atom. The van der Waals surface area contributed by atoms with Crippen LogP contribution in [0.5, 0.6) is 0 Å². The Morgan fingerprint density at radius 2 is 1.64 bits per heavy atom. The lowest BCUT2D eigenvalue weighted by Gasteiger charge is -2.11. The van der Waals surface area contributed by atoms with E-state index in [4.69, 9.17) is 12.2 Å². The summed E-state index contributed by atoms with van der Waals surface area (Å²) >= 11 is 4.90. The molecule has 22 heavy (non-hydrogen) atoms. The highest BCUT2D eigenvalue weighted by Crippen LogP contribution is 2.20. The monoisotopic (exact) mass is 327 g/mol. The maximum absolute atomic E-state index is 13.5. The largest absolute Gasteiger partial charge is 0.332 e. The SMILES string of the molecule is O=[N+]([O-])c1ccc(NC(=S)Nc2ccc(F)c(F)c2F)cc1. The Morgan fingerprint density at radius 1 is 1.00 bits per heavy atom. The molecule has 2 aromatic rings. The first-order valence-electron chi connectivity index (χ1n) is 5.84. The fraction of sp³-hybridized carbons (Fsp3) is 0. The van der Waals surface area contributed by atoms with Crippen LogP contribution in [0.1, 0.15) is 0 Å². The van der Waals surface area contributed by atoms with Gasteiger partial charge >= 0.3 is 0 Å². The van der Waals surface area contributed by atoms with Gasteiger partial charge in [-0.1, -0.05) is 0 Å². The van der Waals surface area contributed by atoms with Crippen LogP contribution in [-0.2, 0) is 0 Å². The number of nitro benzene ring substituents is 1. The molecule has 0 amide bonds. The average Bonchev–Trinajstić information content (AvgIpc) is 2.48. The first-order valence-corrected chi connectivity index (χ1v) is 6.25. The number of nitro groups is 1. The Kier molecular flexibility index (Phi) is 4.56. The van der Waals surface area contributed by atoms with Crippen molar-refractivity contribution in [3.63, 3.8) is 0 Å². The third-order valence-corrected chi connectivity index (χ3v) is 2.82. The third kappa shape index (κ3) is 3.50. The maximum atomic E-state index is 13.5. The van der Waals surface area contributed by atoms with E-state index in [1.807, 2.05) is 0 Å². The van der Waals surface area contributed by atoms with Gasteiger partial charge in [0.05, 0.1) is 10.6 Å². The van der Waals surface area contributed by atoms with E-state index >= 15 is 0 Å². The molecular weight excluding hydrogens is 319 g/mol. The number of halogens is 3. The molecule has 2 N–H and O–H groups in total. The normalized spacial score (nSPS) is 10.1. The highest BCUT2D eigenvalue weighted by molar-refractivity contribution is 7.80. The van der Waals surface area contributed by atoms with E-state index in [9.17, 15) is 23.3 Å². The van der Waals surface area contributed by atoms with Crippen molar-refractivity contribution in [3.05, 3.63) is 64.0 Å². The van der Waals surface area contributed by atoms with Crippen molar-refractivity contribution in [1.29, 1.82) is 0 Å². The van der Waals surface area contributed by atoms with Crippen LogP contribution in [0.2, 0.25) is 0 Å². The van der Waals surface area contributed by atoms with Gasteiger partial charge < -0.3 is 10.6 Å². The Bertz CT molecular complexity index is 738. The summed E-state index contributed by atoms with van der Waals surface area (Å²) in [6.45, 7) is 0. The molecule has 0 heterocycles. The third-order valence-electron chi connectivity index (χ3n) is 2.62. The van der Waals surface area contributed by atoms with Gasteiger partial charge in [0.2, 0.25) is 0 Å². The lowest BCUT2D eigenvalue weighted by atomic mass is 10.2. The van der Waals surface area contributed by atoms with Crippen molar-refractivity contribution in [2.75, 3.05) is 10.6 Å². The van der Waals surface area contributed by atoms with Gasteiger partial charge in [-0.25, -0.2) is 13.2 Å². The van der Waals surface area contributed by atoms with Gasteiger partial charge in [0.25, 0.3) is 5.69 Å². The van der Waals surface area contributed by atoms with E-state index < -0.39 is 22.4 Å². The van der Waals surface area contributed by atoms with Crippen LogP contribution in [0, 0.1) is 27.6 Å². The Balaban J connectivity index is 2.07. The second-order valence-electron chi connectivity index (χ2n) is 4.11. The van der Waals surface area contributed by atoms with Gasteiger partial charge in [0.15, 0.2) is 22.6 Å². The van der Waals surface area contributed by atoms with Gasteiger partial charge in [-0.3, -0.25) is 10.1 Å². The number of hydrogen-bond donors (Lipinski definition) is 2. The van der Waals surface area contributed by atoms with E-state index in [-0.39, 0.29) is 16.5 Å². The minimum atomic E-state index is -1.61. The van der Waals surface area contributed by atoms with Crippen molar-refractivity contribution in [2.45, 2.75) is 0 Å². The maximum Gasteiger partial charge on any atom is 0.269 e. The molecule has 2 rings (SSSR count). The summed E-state index contributed by atoms with van der Waals surface area (Å²) in [5.74, 6) is -4.31. The molecule has 0 fully saturated rings. The minimum Gasteiger partial charge on any atom is -0.332 e. The molecule has 2 aromatic carbocycles. The quantitative estimate of drug-likeness (QED) is 0.388. The summed E-state index contributed by atoms with van der Waals surface area (Å²) in [4.78, 5) is 9.95. The van der Waals surface area contributed by atoms with E-state index in [2.05, 4.69) is 10.6 Å². The highest BCUT2D eigenvalue weighted by Gasteiger charge is 2.14. The van der Waals surface area contributed by atoms with Gasteiger partial charge in [0, 0.05) is 17.8 Å². The zero-order chi connectivity index (χ0) is 16.3. The predicted octanol–water partition coefficient (Wildman–Crippen LogP) is 3.82. The summed E-state index contributed by atoms with van der Waals surface area (Å²) in [6, 6.07) is 7.06. The molecule has 5 nitrogen and oxygen atoms in total. The van der Waals surface area contributed by atoms with Crippen LogP contribution < -0.4 is 10.6 Å². The molecule has 0 radical (unpaired) electrons. The number of anilines is 2. The summed E-state index contributed by atoms with van der Waals surface area (Å²) in [5.41, 5.74) is -0.0273. The fourth-order valence-electron chi connectivity index (χ4n) is 1.57. The second-order valence-corrected chi connectivity index (χ2v) is 4.51. The molecule has 0 saturated heterocycles. The van der Waals surface area contributed by atoms with E-state index in [1.54, 1.807) is 0 Å². The van der Waals surface area contributed by atoms with Crippen LogP contribution in [0.4, 0.5) is 30.2 Å². The molecule has 0 aromatic heterocycles. The molecule has 0 saturated carbocycles. The molecule has 0 aliphatic rings. The molecule has 0 unspecified atom stereocenters. The Labute approximate surface area is 127 Å². The van der Waals surface area contributed by atoms with Gasteiger partial charge in [0.1, 0.15) is 0 Å². The van der Waals surface area contributed by atoms with Crippen molar-refractivity contribution in [3.8, 4) is 0 Å². The van der Waals surface area contributed by atoms with E-state index in [0.717, 1.165) is 12.1 Å². The zero-order valence-corrected chi connectivity index (χ0v) is 11.6. The molecule has 114 valence electrons. The first-order chi connectivity index (χ1) is 10.4. The number of rotatable bonds is 3. The Hall–Kier alpha value is -2.68. The smallest absolute Gasteiger partial charge is 0.269 e. The lowest BCUT2D eigenvalue weighted by molar-refractivity contribution is -0.384. The number of non-ortho nitro benzene ring substituents is 1. The minimum absolute atomic E-state index is 0.0845. The topological polar surface area (TPSA) is 67.2 Å². The predicted molar refractivity (Wildman–Crippen MR) is 79.3 cm³/mol. The van der Waals surface area contributed by atoms with E-state index in [0.29, 0.717) is 5.69 Å². The number of nitrogens with one attached hydrogen (secondary N) is 2. The van der Waals surface area contributed by atoms with Crippen molar-refractivity contribution >= 4 is 34.4 Å². The molecule has 0 aliphatic heterocycles. The lowest BCUT2D eigenvalue weighted by Crippen LogP contribution is -2.20. The molecule has 0 spiro atoms. The summed E-state index contributed by atoms with van der Waals surface area (Å²) < 4.78 is 39.3. The van der Waals surface area contributed by atoms with Crippen LogP contribution in [0.25, 0.3) is 0 Å². The van der Waals surface area contributed by atoms with E-state index in [1.165, 1.54) is 24.3 Å². The van der Waals surface area contributed by atoms with Crippen molar-refractivity contribution < 1.29 is 18.1 Å². The zero-order valence-electron chi connectivity index (χ0n) is 10.8. The van der Waals surface area contributed by atoms with Crippen LogP contribution in [-0.4, -0.2) is 10.0 Å². The molecule has 0 bridgehead atoms. The number of nitrogens with zero attached hydrogens (tertiary/aromatic N) is 1. The number of benzene rings is 2. The highest BCUT2D eigenvalue weighted by atomic mass is 32.1. The summed E-state index contributed by atoms with van der Waals surface area (Å²) in [5, 5.41) is 15.4. The fourth-order valence-corrected chi connectivity index (χ4v) is 1.80. The van der Waals surface area contributed by atoms with Crippen molar-refractivity contribution in [2.24, 2.45) is 0 Å². The standard InChI is InChI=1S/C13H8F3N3O2S/c14-9-5-6-10(12(16)11(9)15)18-13(22)17-7-1-3-8(4-2-7)19(20)21/h1-6H,(H2,17,18,22). The van der Waals surface area contributed by atoms with Crippen LogP contribution >= 0.6 is 12.2 Å². The second kappa shape index (κ2) is 6.39. The summed E-state index contributed by atoms with van der Waals surface area (Å²) in [7, 11) is 0. The van der Waals surface area contributed by atoms with Crippen molar-refractivity contribution in [1.82, 2.24) is 0 Å². The number of thiocarbonyl (C=S) groups is 1. The molecule has 0 aliphatic carbocycles. The molecule has 9 heteroatoms. The average molecular weight is 327 g/mol. The molecule has 0 atom stereocenters.